The van der Waals surface area contributed by atoms with Crippen LogP contribution in [-0.4, -0.2) is 13.1 Å². The van der Waals surface area contributed by atoms with Crippen LogP contribution < -0.4 is 5.73 Å². The van der Waals surface area contributed by atoms with E-state index < -0.39 is 17.6 Å². The van der Waals surface area contributed by atoms with Crippen molar-refractivity contribution in [3.8, 4) is 0 Å². The molecule has 0 aliphatic rings. The minimum Gasteiger partial charge on any atom is -0.469 e. The molecule has 2 N–H and O–H groups in total. The van der Waals surface area contributed by atoms with Crippen molar-refractivity contribution in [1.29, 1.82) is 0 Å². The lowest BCUT2D eigenvalue weighted by molar-refractivity contribution is -0.139. The summed E-state index contributed by atoms with van der Waals surface area (Å²) in [6.45, 7) is 0. The van der Waals surface area contributed by atoms with E-state index in [1.54, 1.807) is 0 Å². The van der Waals surface area contributed by atoms with Crippen molar-refractivity contribution in [1.82, 2.24) is 0 Å². The lowest BCUT2D eigenvalue weighted by Gasteiger charge is -2.05. The standard InChI is InChI=1S/C9H9F2NO2/c1-14-9(13)4-6-7(11)2-5(10)3-8(6)12/h2-3H,4,12H2,1H3. The van der Waals surface area contributed by atoms with Gasteiger partial charge in [0, 0.05) is 17.3 Å². The van der Waals surface area contributed by atoms with E-state index in [-0.39, 0.29) is 17.7 Å². The van der Waals surface area contributed by atoms with Crippen LogP contribution in [0.2, 0.25) is 0 Å². The summed E-state index contributed by atoms with van der Waals surface area (Å²) in [4.78, 5) is 10.8. The summed E-state index contributed by atoms with van der Waals surface area (Å²) >= 11 is 0. The maximum Gasteiger partial charge on any atom is 0.310 e. The van der Waals surface area contributed by atoms with Crippen LogP contribution in [-0.2, 0) is 16.0 Å². The number of esters is 1. The Kier molecular flexibility index (Phi) is 3.01. The first-order chi connectivity index (χ1) is 6.54. The van der Waals surface area contributed by atoms with Gasteiger partial charge >= 0.3 is 5.97 Å². The van der Waals surface area contributed by atoms with E-state index in [4.69, 9.17) is 5.73 Å². The number of rotatable bonds is 2. The summed E-state index contributed by atoms with van der Waals surface area (Å²) in [5.74, 6) is -2.23. The van der Waals surface area contributed by atoms with E-state index in [1.807, 2.05) is 0 Å². The molecule has 0 saturated carbocycles. The van der Waals surface area contributed by atoms with Crippen molar-refractivity contribution < 1.29 is 18.3 Å². The van der Waals surface area contributed by atoms with Crippen LogP contribution in [0.1, 0.15) is 5.56 Å². The summed E-state index contributed by atoms with van der Waals surface area (Å²) in [5.41, 5.74) is 5.20. The highest BCUT2D eigenvalue weighted by Gasteiger charge is 2.13. The maximum atomic E-state index is 13.1. The Labute approximate surface area is 79.5 Å². The molecule has 0 heterocycles. The molecule has 0 unspecified atom stereocenters. The summed E-state index contributed by atoms with van der Waals surface area (Å²) < 4.78 is 30.0. The number of benzene rings is 1. The van der Waals surface area contributed by atoms with Gasteiger partial charge < -0.3 is 10.5 Å². The zero-order chi connectivity index (χ0) is 10.7. The fourth-order valence-electron chi connectivity index (χ4n) is 1.03. The Bertz CT molecular complexity index is 343. The van der Waals surface area contributed by atoms with Crippen LogP contribution in [0.15, 0.2) is 12.1 Å². The SMILES string of the molecule is COC(=O)Cc1c(N)cc(F)cc1F. The Morgan fingerprint density at radius 2 is 2.14 bits per heavy atom. The average molecular weight is 201 g/mol. The number of methoxy groups -OCH3 is 1. The molecule has 14 heavy (non-hydrogen) atoms. The Morgan fingerprint density at radius 1 is 1.50 bits per heavy atom. The van der Waals surface area contributed by atoms with Crippen molar-refractivity contribution in [2.45, 2.75) is 6.42 Å². The van der Waals surface area contributed by atoms with Crippen LogP contribution >= 0.6 is 0 Å². The smallest absolute Gasteiger partial charge is 0.310 e. The van der Waals surface area contributed by atoms with Crippen molar-refractivity contribution in [2.75, 3.05) is 12.8 Å². The first-order valence-electron chi connectivity index (χ1n) is 3.84. The number of anilines is 1. The fraction of sp³-hybridized carbons (Fsp3) is 0.222. The molecule has 0 spiro atoms. The summed E-state index contributed by atoms with van der Waals surface area (Å²) in [5, 5.41) is 0. The molecule has 1 aromatic carbocycles. The van der Waals surface area contributed by atoms with Crippen molar-refractivity contribution in [2.24, 2.45) is 0 Å². The molecular formula is C9H9F2NO2. The molecule has 0 saturated heterocycles. The largest absolute Gasteiger partial charge is 0.469 e. The second-order valence-corrected chi connectivity index (χ2v) is 2.71. The summed E-state index contributed by atoms with van der Waals surface area (Å²) in [6.07, 6.45) is -0.297. The number of nitrogens with two attached hydrogens (primary N) is 1. The highest BCUT2D eigenvalue weighted by atomic mass is 19.1. The van der Waals surface area contributed by atoms with Crippen LogP contribution in [0, 0.1) is 11.6 Å². The quantitative estimate of drug-likeness (QED) is 0.579. The third-order valence-electron chi connectivity index (χ3n) is 1.74. The van der Waals surface area contributed by atoms with Crippen molar-refractivity contribution in [3.63, 3.8) is 0 Å². The minimum atomic E-state index is -0.840. The van der Waals surface area contributed by atoms with Gasteiger partial charge in [-0.1, -0.05) is 0 Å². The first kappa shape index (κ1) is 10.4. The van der Waals surface area contributed by atoms with Gasteiger partial charge in [-0.25, -0.2) is 8.78 Å². The zero-order valence-electron chi connectivity index (χ0n) is 7.51. The number of carbonyl (C=O) groups excluding carboxylic acids is 1. The number of hydrogen-bond acceptors (Lipinski definition) is 3. The number of hydrogen-bond donors (Lipinski definition) is 1. The molecule has 0 fully saturated rings. The fourth-order valence-corrected chi connectivity index (χ4v) is 1.03. The third-order valence-corrected chi connectivity index (χ3v) is 1.74. The van der Waals surface area contributed by atoms with E-state index in [1.165, 1.54) is 7.11 Å². The van der Waals surface area contributed by atoms with Gasteiger partial charge in [0.05, 0.1) is 13.5 Å². The first-order valence-corrected chi connectivity index (χ1v) is 3.84. The molecule has 0 radical (unpaired) electrons. The van der Waals surface area contributed by atoms with Crippen LogP contribution in [0.4, 0.5) is 14.5 Å². The molecule has 0 bridgehead atoms. The number of ether oxygens (including phenoxy) is 1. The molecule has 1 aromatic rings. The number of carbonyl (C=O) groups is 1. The molecule has 0 aromatic heterocycles. The van der Waals surface area contributed by atoms with E-state index in [9.17, 15) is 13.6 Å². The van der Waals surface area contributed by atoms with E-state index >= 15 is 0 Å². The normalized spacial score (nSPS) is 9.93. The van der Waals surface area contributed by atoms with Gasteiger partial charge in [0.1, 0.15) is 11.6 Å². The van der Waals surface area contributed by atoms with Crippen LogP contribution in [0.25, 0.3) is 0 Å². The zero-order valence-corrected chi connectivity index (χ0v) is 7.51. The molecule has 0 atom stereocenters. The predicted molar refractivity (Wildman–Crippen MR) is 46.5 cm³/mol. The maximum absolute atomic E-state index is 13.1. The van der Waals surface area contributed by atoms with E-state index in [0.29, 0.717) is 6.07 Å². The Morgan fingerprint density at radius 3 is 2.64 bits per heavy atom. The van der Waals surface area contributed by atoms with Crippen molar-refractivity contribution in [3.05, 3.63) is 29.3 Å². The molecule has 3 nitrogen and oxygen atoms in total. The molecule has 0 aliphatic heterocycles. The van der Waals surface area contributed by atoms with Gasteiger partial charge in [-0.3, -0.25) is 4.79 Å². The van der Waals surface area contributed by atoms with Crippen molar-refractivity contribution >= 4 is 11.7 Å². The third kappa shape index (κ3) is 2.18. The van der Waals surface area contributed by atoms with Gasteiger partial charge in [-0.15, -0.1) is 0 Å². The topological polar surface area (TPSA) is 52.3 Å². The molecule has 0 amide bonds. The second-order valence-electron chi connectivity index (χ2n) is 2.71. The van der Waals surface area contributed by atoms with E-state index in [0.717, 1.165) is 6.07 Å². The van der Waals surface area contributed by atoms with Gasteiger partial charge in [-0.2, -0.15) is 0 Å². The number of halogens is 2. The van der Waals surface area contributed by atoms with Gasteiger partial charge in [0.2, 0.25) is 0 Å². The lowest BCUT2D eigenvalue weighted by Crippen LogP contribution is -2.09. The predicted octanol–water partition coefficient (Wildman–Crippen LogP) is 1.26. The molecular weight excluding hydrogens is 192 g/mol. The van der Waals surface area contributed by atoms with Gasteiger partial charge in [0.25, 0.3) is 0 Å². The average Bonchev–Trinajstić information content (AvgIpc) is 2.10. The summed E-state index contributed by atoms with van der Waals surface area (Å²) in [7, 11) is 1.18. The van der Waals surface area contributed by atoms with Crippen LogP contribution in [0.3, 0.4) is 0 Å². The van der Waals surface area contributed by atoms with Gasteiger partial charge in [0.15, 0.2) is 0 Å². The molecule has 0 aliphatic carbocycles. The highest BCUT2D eigenvalue weighted by molar-refractivity contribution is 5.74. The van der Waals surface area contributed by atoms with Gasteiger partial charge in [-0.05, 0) is 6.07 Å². The Hall–Kier alpha value is -1.65. The monoisotopic (exact) mass is 201 g/mol. The molecule has 1 rings (SSSR count). The minimum absolute atomic E-state index is 0.0433. The van der Waals surface area contributed by atoms with Crippen LogP contribution in [0.5, 0.6) is 0 Å². The second kappa shape index (κ2) is 4.04. The Balaban J connectivity index is 3.02. The highest BCUT2D eigenvalue weighted by Crippen LogP contribution is 2.18. The van der Waals surface area contributed by atoms with E-state index in [2.05, 4.69) is 4.74 Å². The number of nitrogen functional groups attached to an aromatic ring is 1. The molecule has 76 valence electrons. The molecule has 5 heteroatoms. The summed E-state index contributed by atoms with van der Waals surface area (Å²) in [6, 6.07) is 1.63. The lowest BCUT2D eigenvalue weighted by atomic mass is 10.1.